The van der Waals surface area contributed by atoms with E-state index in [1.165, 1.54) is 16.0 Å². The van der Waals surface area contributed by atoms with Gasteiger partial charge >= 0.3 is 11.7 Å². The molecule has 1 aliphatic heterocycles. The Morgan fingerprint density at radius 2 is 1.96 bits per heavy atom. The lowest BCUT2D eigenvalue weighted by molar-refractivity contribution is -0.137. The molecule has 3 aromatic rings. The smallest absolute Gasteiger partial charge is 0.329 e. The van der Waals surface area contributed by atoms with Crippen LogP contribution < -0.4 is 5.69 Å². The van der Waals surface area contributed by atoms with Crippen LogP contribution >= 0.6 is 11.8 Å². The van der Waals surface area contributed by atoms with Crippen molar-refractivity contribution in [3.05, 3.63) is 64.1 Å². The Morgan fingerprint density at radius 3 is 2.68 bits per heavy atom. The summed E-state index contributed by atoms with van der Waals surface area (Å²) in [7, 11) is 0. The van der Waals surface area contributed by atoms with Crippen LogP contribution in [0.5, 0.6) is 0 Å². The average molecular weight is 397 g/mol. The lowest BCUT2D eigenvalue weighted by Gasteiger charge is -2.15. The molecule has 0 fully saturated rings. The molecule has 0 amide bonds. The number of hydrogen-bond donors (Lipinski definition) is 1. The van der Waals surface area contributed by atoms with E-state index in [9.17, 15) is 14.7 Å². The summed E-state index contributed by atoms with van der Waals surface area (Å²) in [5, 5.41) is 9.29. The van der Waals surface area contributed by atoms with Crippen molar-refractivity contribution >= 4 is 28.8 Å². The van der Waals surface area contributed by atoms with Crippen molar-refractivity contribution < 1.29 is 9.90 Å². The Bertz CT molecular complexity index is 1100. The van der Waals surface area contributed by atoms with E-state index in [4.69, 9.17) is 0 Å². The SMILES string of the molecule is CCC(CC(=O)O)n1c(=O)n(CC2CSc3cccc(C)c32)c2ccccc21. The first-order valence-electron chi connectivity index (χ1n) is 9.65. The van der Waals surface area contributed by atoms with Crippen molar-refractivity contribution in [1.82, 2.24) is 9.13 Å². The van der Waals surface area contributed by atoms with Crippen LogP contribution in [0, 0.1) is 6.92 Å². The van der Waals surface area contributed by atoms with Crippen LogP contribution in [-0.2, 0) is 11.3 Å². The van der Waals surface area contributed by atoms with Gasteiger partial charge in [-0.1, -0.05) is 31.2 Å². The van der Waals surface area contributed by atoms with E-state index in [2.05, 4.69) is 25.1 Å². The number of benzene rings is 2. The number of thioether (sulfide) groups is 1. The van der Waals surface area contributed by atoms with Crippen molar-refractivity contribution in [3.8, 4) is 0 Å². The van der Waals surface area contributed by atoms with Gasteiger partial charge in [-0.15, -0.1) is 11.8 Å². The topological polar surface area (TPSA) is 64.2 Å². The molecule has 0 aliphatic carbocycles. The molecular formula is C22H24N2O3S. The fourth-order valence-electron chi connectivity index (χ4n) is 4.32. The van der Waals surface area contributed by atoms with Crippen molar-refractivity contribution in [2.24, 2.45) is 0 Å². The highest BCUT2D eigenvalue weighted by atomic mass is 32.2. The quantitative estimate of drug-likeness (QED) is 0.670. The summed E-state index contributed by atoms with van der Waals surface area (Å²) < 4.78 is 3.52. The predicted molar refractivity (Wildman–Crippen MR) is 112 cm³/mol. The maximum absolute atomic E-state index is 13.4. The molecule has 0 saturated carbocycles. The minimum atomic E-state index is -0.882. The van der Waals surface area contributed by atoms with Crippen LogP contribution in [0.3, 0.4) is 0 Å². The minimum absolute atomic E-state index is 0.0500. The van der Waals surface area contributed by atoms with Gasteiger partial charge in [0.15, 0.2) is 0 Å². The number of fused-ring (bicyclic) bond motifs is 2. The molecule has 146 valence electrons. The van der Waals surface area contributed by atoms with E-state index in [0.29, 0.717) is 13.0 Å². The number of carboxylic acids is 1. The number of aryl methyl sites for hydroxylation is 1. The van der Waals surface area contributed by atoms with E-state index in [-0.39, 0.29) is 24.1 Å². The summed E-state index contributed by atoms with van der Waals surface area (Å²) in [6, 6.07) is 13.7. The first kappa shape index (κ1) is 18.9. The first-order chi connectivity index (χ1) is 13.5. The van der Waals surface area contributed by atoms with Crippen molar-refractivity contribution in [1.29, 1.82) is 0 Å². The maximum atomic E-state index is 13.4. The van der Waals surface area contributed by atoms with Gasteiger partial charge in [0.05, 0.1) is 17.5 Å². The molecule has 2 unspecified atom stereocenters. The van der Waals surface area contributed by atoms with Gasteiger partial charge in [0, 0.05) is 29.2 Å². The van der Waals surface area contributed by atoms with Crippen LogP contribution in [0.1, 0.15) is 42.9 Å². The molecule has 4 rings (SSSR count). The molecule has 1 N–H and O–H groups in total. The molecule has 2 aromatic carbocycles. The van der Waals surface area contributed by atoms with Gasteiger partial charge in [-0.25, -0.2) is 4.79 Å². The third kappa shape index (κ3) is 3.15. The van der Waals surface area contributed by atoms with Crippen LogP contribution in [0.15, 0.2) is 52.2 Å². The van der Waals surface area contributed by atoms with Crippen LogP contribution in [0.2, 0.25) is 0 Å². The zero-order chi connectivity index (χ0) is 19.8. The van der Waals surface area contributed by atoms with Gasteiger partial charge in [-0.3, -0.25) is 13.9 Å². The largest absolute Gasteiger partial charge is 0.481 e. The monoisotopic (exact) mass is 396 g/mol. The fraction of sp³-hybridized carbons (Fsp3) is 0.364. The summed E-state index contributed by atoms with van der Waals surface area (Å²) in [5.41, 5.74) is 4.19. The van der Waals surface area contributed by atoms with E-state index in [1.54, 1.807) is 4.57 Å². The molecule has 1 aliphatic rings. The molecule has 5 nitrogen and oxygen atoms in total. The maximum Gasteiger partial charge on any atom is 0.329 e. The minimum Gasteiger partial charge on any atom is -0.481 e. The summed E-state index contributed by atoms with van der Waals surface area (Å²) in [5.74, 6) is 0.350. The fourth-order valence-corrected chi connectivity index (χ4v) is 5.63. The van der Waals surface area contributed by atoms with Gasteiger partial charge in [-0.05, 0) is 42.7 Å². The highest BCUT2D eigenvalue weighted by Crippen LogP contribution is 2.42. The summed E-state index contributed by atoms with van der Waals surface area (Å²) in [4.78, 5) is 26.0. The Morgan fingerprint density at radius 1 is 1.21 bits per heavy atom. The molecule has 1 aromatic heterocycles. The molecule has 0 bridgehead atoms. The lowest BCUT2D eigenvalue weighted by atomic mass is 9.96. The highest BCUT2D eigenvalue weighted by molar-refractivity contribution is 7.99. The first-order valence-corrected chi connectivity index (χ1v) is 10.6. The molecule has 6 heteroatoms. The van der Waals surface area contributed by atoms with Gasteiger partial charge in [0.1, 0.15) is 0 Å². The van der Waals surface area contributed by atoms with E-state index in [1.807, 2.05) is 47.5 Å². The standard InChI is InChI=1S/C22H24N2O3S/c1-3-16(11-20(25)26)24-18-9-5-4-8-17(18)23(22(24)27)12-15-13-28-19-10-6-7-14(2)21(15)19/h4-10,15-16H,3,11-13H2,1-2H3,(H,25,26). The van der Waals surface area contributed by atoms with Crippen LogP contribution in [-0.4, -0.2) is 26.0 Å². The van der Waals surface area contributed by atoms with Crippen LogP contribution in [0.4, 0.5) is 0 Å². The van der Waals surface area contributed by atoms with Crippen LogP contribution in [0.25, 0.3) is 11.0 Å². The van der Waals surface area contributed by atoms with Gasteiger partial charge in [0.25, 0.3) is 0 Å². The van der Waals surface area contributed by atoms with E-state index < -0.39 is 5.97 Å². The third-order valence-electron chi connectivity index (χ3n) is 5.65. The lowest BCUT2D eigenvalue weighted by Crippen LogP contribution is -2.30. The molecular weight excluding hydrogens is 372 g/mol. The average Bonchev–Trinajstić information content (AvgIpc) is 3.21. The molecule has 0 radical (unpaired) electrons. The van der Waals surface area contributed by atoms with Crippen molar-refractivity contribution in [2.45, 2.75) is 50.1 Å². The zero-order valence-electron chi connectivity index (χ0n) is 16.1. The molecule has 0 saturated heterocycles. The van der Waals surface area contributed by atoms with Gasteiger partial charge in [0.2, 0.25) is 0 Å². The van der Waals surface area contributed by atoms with Crippen molar-refractivity contribution in [3.63, 3.8) is 0 Å². The Kier molecular flexibility index (Phi) is 5.06. The number of para-hydroxylation sites is 2. The number of rotatable bonds is 6. The Hall–Kier alpha value is -2.47. The van der Waals surface area contributed by atoms with Gasteiger partial charge < -0.3 is 5.11 Å². The molecule has 28 heavy (non-hydrogen) atoms. The van der Waals surface area contributed by atoms with Crippen molar-refractivity contribution in [2.75, 3.05) is 5.75 Å². The predicted octanol–water partition coefficient (Wildman–Crippen LogP) is 4.43. The molecule has 2 atom stereocenters. The van der Waals surface area contributed by atoms with Gasteiger partial charge in [-0.2, -0.15) is 0 Å². The number of aliphatic carboxylic acids is 1. The van der Waals surface area contributed by atoms with E-state index in [0.717, 1.165) is 16.8 Å². The highest BCUT2D eigenvalue weighted by Gasteiger charge is 2.28. The number of hydrogen-bond acceptors (Lipinski definition) is 3. The molecule has 2 heterocycles. The summed E-state index contributed by atoms with van der Waals surface area (Å²) in [6.45, 7) is 4.67. The zero-order valence-corrected chi connectivity index (χ0v) is 16.9. The number of aromatic nitrogens is 2. The number of carboxylic acid groups (broad SMARTS) is 1. The summed E-state index contributed by atoms with van der Waals surface area (Å²) in [6.07, 6.45) is 0.549. The number of imidazole rings is 1. The third-order valence-corrected chi connectivity index (χ3v) is 6.89. The number of nitrogens with zero attached hydrogens (tertiary/aromatic N) is 2. The Labute approximate surface area is 168 Å². The van der Waals surface area contributed by atoms with E-state index >= 15 is 0 Å². The second-order valence-electron chi connectivity index (χ2n) is 7.41. The second kappa shape index (κ2) is 7.51. The Balaban J connectivity index is 1.81. The normalized spacial score (nSPS) is 17.0. The molecule has 0 spiro atoms. The summed E-state index contributed by atoms with van der Waals surface area (Å²) >= 11 is 1.85. The second-order valence-corrected chi connectivity index (χ2v) is 8.47. The number of carbonyl (C=O) groups is 1.